The lowest BCUT2D eigenvalue weighted by Crippen LogP contribution is -2.26. The number of ether oxygens (including phenoxy) is 1. The SMILES string of the molecule is CCc1nc2sc(C)c(-c3cccs3)c2c(=O)n1CCOC. The Balaban J connectivity index is 2.31. The van der Waals surface area contributed by atoms with Gasteiger partial charge >= 0.3 is 0 Å². The van der Waals surface area contributed by atoms with E-state index in [1.54, 1.807) is 34.4 Å². The minimum atomic E-state index is 0.0478. The minimum absolute atomic E-state index is 0.0478. The quantitative estimate of drug-likeness (QED) is 0.714. The number of methoxy groups -OCH3 is 1. The topological polar surface area (TPSA) is 44.1 Å². The van der Waals surface area contributed by atoms with E-state index in [1.165, 1.54) is 0 Å². The van der Waals surface area contributed by atoms with Gasteiger partial charge in [-0.05, 0) is 18.4 Å². The van der Waals surface area contributed by atoms with E-state index in [0.29, 0.717) is 13.2 Å². The molecule has 116 valence electrons. The van der Waals surface area contributed by atoms with Crippen molar-refractivity contribution in [1.82, 2.24) is 9.55 Å². The van der Waals surface area contributed by atoms with Crippen molar-refractivity contribution < 1.29 is 4.74 Å². The number of nitrogens with zero attached hydrogens (tertiary/aromatic N) is 2. The summed E-state index contributed by atoms with van der Waals surface area (Å²) in [6, 6.07) is 4.08. The summed E-state index contributed by atoms with van der Waals surface area (Å²) < 4.78 is 6.90. The third-order valence-electron chi connectivity index (χ3n) is 3.67. The van der Waals surface area contributed by atoms with E-state index in [-0.39, 0.29) is 5.56 Å². The average Bonchev–Trinajstić information content (AvgIpc) is 3.12. The lowest BCUT2D eigenvalue weighted by molar-refractivity contribution is 0.185. The van der Waals surface area contributed by atoms with Gasteiger partial charge in [-0.15, -0.1) is 22.7 Å². The zero-order valence-corrected chi connectivity index (χ0v) is 14.5. The molecule has 0 saturated heterocycles. The molecule has 0 aliphatic carbocycles. The Bertz CT molecular complexity index is 847. The van der Waals surface area contributed by atoms with Crippen LogP contribution >= 0.6 is 22.7 Å². The number of aryl methyl sites for hydroxylation is 2. The molecule has 3 aromatic heterocycles. The summed E-state index contributed by atoms with van der Waals surface area (Å²) >= 11 is 3.26. The zero-order chi connectivity index (χ0) is 15.7. The number of aromatic nitrogens is 2. The maximum atomic E-state index is 13.0. The number of fused-ring (bicyclic) bond motifs is 1. The average molecular weight is 334 g/mol. The number of thiophene rings is 2. The molecule has 3 heterocycles. The number of hydrogen-bond donors (Lipinski definition) is 0. The van der Waals surface area contributed by atoms with Crippen LogP contribution in [0.4, 0.5) is 0 Å². The van der Waals surface area contributed by atoms with Crippen LogP contribution in [0.3, 0.4) is 0 Å². The van der Waals surface area contributed by atoms with Crippen molar-refractivity contribution in [2.45, 2.75) is 26.8 Å². The second-order valence-corrected chi connectivity index (χ2v) is 7.17. The standard InChI is InChI=1S/C16H18N2O2S2/c1-4-12-17-15-14(16(19)18(12)7-8-20-3)13(10(2)22-15)11-6-5-9-21-11/h5-6,9H,4,7-8H2,1-3H3. The van der Waals surface area contributed by atoms with Gasteiger partial charge in [0.05, 0.1) is 18.5 Å². The monoisotopic (exact) mass is 334 g/mol. The van der Waals surface area contributed by atoms with Crippen molar-refractivity contribution in [3.63, 3.8) is 0 Å². The van der Waals surface area contributed by atoms with Crippen LogP contribution in [0.25, 0.3) is 20.7 Å². The van der Waals surface area contributed by atoms with E-state index in [4.69, 9.17) is 9.72 Å². The van der Waals surface area contributed by atoms with E-state index in [9.17, 15) is 4.79 Å². The molecular formula is C16H18N2O2S2. The molecule has 6 heteroatoms. The molecule has 0 aliphatic rings. The van der Waals surface area contributed by atoms with Gasteiger partial charge in [0.25, 0.3) is 5.56 Å². The smallest absolute Gasteiger partial charge is 0.263 e. The molecule has 0 spiro atoms. The Hall–Kier alpha value is -1.50. The molecule has 0 aliphatic heterocycles. The van der Waals surface area contributed by atoms with Gasteiger partial charge < -0.3 is 4.74 Å². The lowest BCUT2D eigenvalue weighted by Gasteiger charge is -2.11. The summed E-state index contributed by atoms with van der Waals surface area (Å²) in [5.74, 6) is 0.827. The van der Waals surface area contributed by atoms with Crippen molar-refractivity contribution in [2.24, 2.45) is 0 Å². The Morgan fingerprint density at radius 1 is 1.41 bits per heavy atom. The molecule has 0 N–H and O–H groups in total. The van der Waals surface area contributed by atoms with Gasteiger partial charge in [0, 0.05) is 28.8 Å². The molecule has 0 bridgehead atoms. The molecule has 3 rings (SSSR count). The van der Waals surface area contributed by atoms with Crippen molar-refractivity contribution in [3.05, 3.63) is 38.6 Å². The second-order valence-electron chi connectivity index (χ2n) is 5.02. The van der Waals surface area contributed by atoms with Crippen LogP contribution in [0.5, 0.6) is 0 Å². The minimum Gasteiger partial charge on any atom is -0.383 e. The predicted octanol–water partition coefficient (Wildman–Crippen LogP) is 3.70. The van der Waals surface area contributed by atoms with Crippen LogP contribution in [0.1, 0.15) is 17.6 Å². The van der Waals surface area contributed by atoms with E-state index < -0.39 is 0 Å². The summed E-state index contributed by atoms with van der Waals surface area (Å²) in [6.45, 7) is 5.14. The molecule has 0 fully saturated rings. The molecule has 0 saturated carbocycles. The van der Waals surface area contributed by atoms with Gasteiger partial charge in [-0.2, -0.15) is 0 Å². The van der Waals surface area contributed by atoms with E-state index in [2.05, 4.69) is 13.0 Å². The van der Waals surface area contributed by atoms with Crippen molar-refractivity contribution >= 4 is 32.9 Å². The Morgan fingerprint density at radius 3 is 2.86 bits per heavy atom. The summed E-state index contributed by atoms with van der Waals surface area (Å²) in [5, 5.41) is 2.79. The van der Waals surface area contributed by atoms with Crippen molar-refractivity contribution in [2.75, 3.05) is 13.7 Å². The number of rotatable bonds is 5. The van der Waals surface area contributed by atoms with Crippen LogP contribution in [-0.2, 0) is 17.7 Å². The normalized spacial score (nSPS) is 11.4. The molecule has 3 aromatic rings. The van der Waals surface area contributed by atoms with Crippen molar-refractivity contribution in [1.29, 1.82) is 0 Å². The van der Waals surface area contributed by atoms with Crippen LogP contribution in [0.2, 0.25) is 0 Å². The summed E-state index contributed by atoms with van der Waals surface area (Å²) in [6.07, 6.45) is 0.736. The maximum absolute atomic E-state index is 13.0. The summed E-state index contributed by atoms with van der Waals surface area (Å²) in [4.78, 5) is 20.9. The van der Waals surface area contributed by atoms with Crippen molar-refractivity contribution in [3.8, 4) is 10.4 Å². The van der Waals surface area contributed by atoms with E-state index in [1.807, 2.05) is 18.4 Å². The first kappa shape index (κ1) is 15.4. The van der Waals surface area contributed by atoms with Gasteiger partial charge in [0.2, 0.25) is 0 Å². The van der Waals surface area contributed by atoms with Crippen LogP contribution < -0.4 is 5.56 Å². The third-order valence-corrected chi connectivity index (χ3v) is 5.56. The van der Waals surface area contributed by atoms with E-state index in [0.717, 1.165) is 37.8 Å². The molecular weight excluding hydrogens is 316 g/mol. The highest BCUT2D eigenvalue weighted by Gasteiger charge is 2.19. The fourth-order valence-corrected chi connectivity index (χ4v) is 4.58. The highest BCUT2D eigenvalue weighted by molar-refractivity contribution is 7.20. The molecule has 4 nitrogen and oxygen atoms in total. The molecule has 0 amide bonds. The first-order valence-corrected chi connectivity index (χ1v) is 8.92. The second kappa shape index (κ2) is 6.32. The van der Waals surface area contributed by atoms with Gasteiger partial charge in [-0.1, -0.05) is 13.0 Å². The zero-order valence-electron chi connectivity index (χ0n) is 12.9. The lowest BCUT2D eigenvalue weighted by atomic mass is 10.1. The van der Waals surface area contributed by atoms with Gasteiger partial charge in [-0.25, -0.2) is 4.98 Å². The Kier molecular flexibility index (Phi) is 4.42. The van der Waals surface area contributed by atoms with Gasteiger partial charge in [0.1, 0.15) is 10.7 Å². The highest BCUT2D eigenvalue weighted by Crippen LogP contribution is 2.37. The molecule has 0 unspecified atom stereocenters. The fourth-order valence-electron chi connectivity index (χ4n) is 2.64. The fraction of sp³-hybridized carbons (Fsp3) is 0.375. The molecule has 22 heavy (non-hydrogen) atoms. The molecule has 0 atom stereocenters. The third kappa shape index (κ3) is 2.51. The Labute approximate surface area is 137 Å². The maximum Gasteiger partial charge on any atom is 0.263 e. The predicted molar refractivity (Wildman–Crippen MR) is 93.2 cm³/mol. The Morgan fingerprint density at radius 2 is 2.23 bits per heavy atom. The van der Waals surface area contributed by atoms with Gasteiger partial charge in [0.15, 0.2) is 0 Å². The summed E-state index contributed by atoms with van der Waals surface area (Å²) in [7, 11) is 1.65. The molecule has 0 aromatic carbocycles. The molecule has 0 radical (unpaired) electrons. The first-order chi connectivity index (χ1) is 10.7. The summed E-state index contributed by atoms with van der Waals surface area (Å²) in [5.41, 5.74) is 1.09. The largest absolute Gasteiger partial charge is 0.383 e. The van der Waals surface area contributed by atoms with Gasteiger partial charge in [-0.3, -0.25) is 9.36 Å². The first-order valence-electron chi connectivity index (χ1n) is 7.23. The highest BCUT2D eigenvalue weighted by atomic mass is 32.1. The number of hydrogen-bond acceptors (Lipinski definition) is 5. The van der Waals surface area contributed by atoms with Crippen LogP contribution in [-0.4, -0.2) is 23.3 Å². The van der Waals surface area contributed by atoms with Crippen LogP contribution in [0.15, 0.2) is 22.3 Å². The van der Waals surface area contributed by atoms with E-state index >= 15 is 0 Å². The van der Waals surface area contributed by atoms with Crippen LogP contribution in [0, 0.1) is 6.92 Å².